The van der Waals surface area contributed by atoms with Crippen molar-refractivity contribution in [2.24, 2.45) is 0 Å². The molecule has 0 amide bonds. The van der Waals surface area contributed by atoms with Gasteiger partial charge in [0.25, 0.3) is 0 Å². The van der Waals surface area contributed by atoms with Crippen LogP contribution in [0, 0.1) is 0 Å². The summed E-state index contributed by atoms with van der Waals surface area (Å²) >= 11 is 0. The van der Waals surface area contributed by atoms with Gasteiger partial charge in [0, 0.05) is 0 Å². The summed E-state index contributed by atoms with van der Waals surface area (Å²) in [5.74, 6) is 0. The van der Waals surface area contributed by atoms with Gasteiger partial charge in [0.2, 0.25) is 0 Å². The lowest BCUT2D eigenvalue weighted by atomic mass is 9.93. The van der Waals surface area contributed by atoms with Crippen LogP contribution in [0.1, 0.15) is 25.5 Å². The van der Waals surface area contributed by atoms with Gasteiger partial charge in [-0.05, 0) is 19.4 Å². The molecule has 0 unspecified atom stereocenters. The summed E-state index contributed by atoms with van der Waals surface area (Å²) in [6, 6.07) is 8.79. The molecule has 1 rings (SSSR count). The molecule has 1 aromatic rings. The molecule has 0 aliphatic rings. The van der Waals surface area contributed by atoms with Crippen molar-refractivity contribution < 1.29 is 15.3 Å². The van der Waals surface area contributed by atoms with Crippen LogP contribution in [0.15, 0.2) is 30.3 Å². The average Bonchev–Trinajstić information content (AvgIpc) is 2.15. The van der Waals surface area contributed by atoms with Crippen LogP contribution in [0.2, 0.25) is 0 Å². The number of aliphatic hydroxyl groups is 3. The first-order valence-electron chi connectivity index (χ1n) is 4.56. The second-order valence-electron chi connectivity index (χ2n) is 3.95. The SMILES string of the molecule is CC(C)(O)[C@@H](O)[C@H](O)c1ccccc1. The Morgan fingerprint density at radius 3 is 2.00 bits per heavy atom. The van der Waals surface area contributed by atoms with Crippen LogP contribution in [0.3, 0.4) is 0 Å². The van der Waals surface area contributed by atoms with E-state index in [9.17, 15) is 15.3 Å². The first-order chi connectivity index (χ1) is 6.43. The van der Waals surface area contributed by atoms with E-state index in [0.29, 0.717) is 5.56 Å². The lowest BCUT2D eigenvalue weighted by Crippen LogP contribution is -2.40. The maximum atomic E-state index is 9.71. The van der Waals surface area contributed by atoms with Crippen LogP contribution in [0.4, 0.5) is 0 Å². The molecule has 0 aliphatic carbocycles. The summed E-state index contributed by atoms with van der Waals surface area (Å²) in [4.78, 5) is 0. The third kappa shape index (κ3) is 2.54. The largest absolute Gasteiger partial charge is 0.388 e. The fourth-order valence-electron chi connectivity index (χ4n) is 1.22. The quantitative estimate of drug-likeness (QED) is 0.671. The molecule has 78 valence electrons. The molecule has 2 atom stereocenters. The van der Waals surface area contributed by atoms with Crippen molar-refractivity contribution in [2.75, 3.05) is 0 Å². The zero-order valence-electron chi connectivity index (χ0n) is 8.38. The number of benzene rings is 1. The van der Waals surface area contributed by atoms with Crippen molar-refractivity contribution in [3.63, 3.8) is 0 Å². The molecule has 3 N–H and O–H groups in total. The lowest BCUT2D eigenvalue weighted by Gasteiger charge is -2.28. The molecule has 0 heterocycles. The van der Waals surface area contributed by atoms with Crippen molar-refractivity contribution in [3.05, 3.63) is 35.9 Å². The van der Waals surface area contributed by atoms with Crippen LogP contribution in [-0.2, 0) is 0 Å². The Bertz CT molecular complexity index is 276. The average molecular weight is 196 g/mol. The standard InChI is InChI=1S/C11H16O3/c1-11(2,14)10(13)9(12)8-6-4-3-5-7-8/h3-7,9-10,12-14H,1-2H3/t9-,10+/m1/s1. The molecule has 0 saturated heterocycles. The van der Waals surface area contributed by atoms with Gasteiger partial charge in [-0.1, -0.05) is 30.3 Å². The van der Waals surface area contributed by atoms with Crippen LogP contribution >= 0.6 is 0 Å². The van der Waals surface area contributed by atoms with Gasteiger partial charge in [0.15, 0.2) is 0 Å². The molecule has 0 saturated carbocycles. The fourth-order valence-corrected chi connectivity index (χ4v) is 1.22. The van der Waals surface area contributed by atoms with Gasteiger partial charge in [0.05, 0.1) is 5.60 Å². The van der Waals surface area contributed by atoms with Crippen molar-refractivity contribution in [1.82, 2.24) is 0 Å². The highest BCUT2D eigenvalue weighted by atomic mass is 16.4. The second kappa shape index (κ2) is 4.09. The Labute approximate surface area is 83.6 Å². The first kappa shape index (κ1) is 11.2. The smallest absolute Gasteiger partial charge is 0.112 e. The normalized spacial score (nSPS) is 16.4. The monoisotopic (exact) mass is 196 g/mol. The van der Waals surface area contributed by atoms with E-state index in [2.05, 4.69) is 0 Å². The van der Waals surface area contributed by atoms with E-state index in [4.69, 9.17) is 0 Å². The van der Waals surface area contributed by atoms with E-state index in [-0.39, 0.29) is 0 Å². The lowest BCUT2D eigenvalue weighted by molar-refractivity contribution is -0.107. The van der Waals surface area contributed by atoms with Crippen molar-refractivity contribution in [1.29, 1.82) is 0 Å². The molecular weight excluding hydrogens is 180 g/mol. The predicted molar refractivity (Wildman–Crippen MR) is 53.7 cm³/mol. The number of aliphatic hydroxyl groups excluding tert-OH is 2. The summed E-state index contributed by atoms with van der Waals surface area (Å²) in [6.07, 6.45) is -2.25. The molecule has 0 fully saturated rings. The molecular formula is C11H16O3. The Hall–Kier alpha value is -0.900. The summed E-state index contributed by atoms with van der Waals surface area (Å²) in [5, 5.41) is 28.8. The molecule has 1 aromatic carbocycles. The number of rotatable bonds is 3. The highest BCUT2D eigenvalue weighted by Gasteiger charge is 2.31. The highest BCUT2D eigenvalue weighted by molar-refractivity contribution is 5.19. The predicted octanol–water partition coefficient (Wildman–Crippen LogP) is 0.852. The third-order valence-electron chi connectivity index (χ3n) is 2.16. The Morgan fingerprint density at radius 2 is 1.57 bits per heavy atom. The second-order valence-corrected chi connectivity index (χ2v) is 3.95. The van der Waals surface area contributed by atoms with Gasteiger partial charge in [-0.25, -0.2) is 0 Å². The third-order valence-corrected chi connectivity index (χ3v) is 2.16. The number of hydrogen-bond donors (Lipinski definition) is 3. The molecule has 14 heavy (non-hydrogen) atoms. The van der Waals surface area contributed by atoms with Crippen LogP contribution in [0.5, 0.6) is 0 Å². The molecule has 0 aliphatic heterocycles. The van der Waals surface area contributed by atoms with Crippen molar-refractivity contribution in [3.8, 4) is 0 Å². The maximum absolute atomic E-state index is 9.71. The van der Waals surface area contributed by atoms with E-state index >= 15 is 0 Å². The Balaban J connectivity index is 2.81. The molecule has 0 spiro atoms. The summed E-state index contributed by atoms with van der Waals surface area (Å²) in [7, 11) is 0. The number of hydrogen-bond acceptors (Lipinski definition) is 3. The van der Waals surface area contributed by atoms with Crippen molar-refractivity contribution >= 4 is 0 Å². The fraction of sp³-hybridized carbons (Fsp3) is 0.455. The maximum Gasteiger partial charge on any atom is 0.112 e. The van der Waals surface area contributed by atoms with Gasteiger partial charge >= 0.3 is 0 Å². The summed E-state index contributed by atoms with van der Waals surface area (Å²) in [5.41, 5.74) is -0.711. The zero-order valence-corrected chi connectivity index (χ0v) is 8.38. The minimum absolute atomic E-state index is 0.599. The van der Waals surface area contributed by atoms with E-state index in [0.717, 1.165) is 0 Å². The van der Waals surface area contributed by atoms with Crippen LogP contribution in [0.25, 0.3) is 0 Å². The summed E-state index contributed by atoms with van der Waals surface area (Å²) < 4.78 is 0. The van der Waals surface area contributed by atoms with E-state index in [1.807, 2.05) is 6.07 Å². The van der Waals surface area contributed by atoms with Crippen molar-refractivity contribution in [2.45, 2.75) is 31.7 Å². The molecule has 3 nitrogen and oxygen atoms in total. The Morgan fingerprint density at radius 1 is 1.07 bits per heavy atom. The van der Waals surface area contributed by atoms with Gasteiger partial charge in [-0.3, -0.25) is 0 Å². The van der Waals surface area contributed by atoms with E-state index < -0.39 is 17.8 Å². The molecule has 0 radical (unpaired) electrons. The molecule has 0 aromatic heterocycles. The topological polar surface area (TPSA) is 60.7 Å². The van der Waals surface area contributed by atoms with E-state index in [1.54, 1.807) is 24.3 Å². The molecule has 0 bridgehead atoms. The first-order valence-corrected chi connectivity index (χ1v) is 4.56. The van der Waals surface area contributed by atoms with E-state index in [1.165, 1.54) is 13.8 Å². The van der Waals surface area contributed by atoms with Gasteiger partial charge in [0.1, 0.15) is 12.2 Å². The Kier molecular flexibility index (Phi) is 3.26. The zero-order chi connectivity index (χ0) is 10.8. The van der Waals surface area contributed by atoms with Gasteiger partial charge in [-0.2, -0.15) is 0 Å². The summed E-state index contributed by atoms with van der Waals surface area (Å²) in [6.45, 7) is 2.92. The minimum atomic E-state index is -1.31. The highest BCUT2D eigenvalue weighted by Crippen LogP contribution is 2.23. The van der Waals surface area contributed by atoms with Gasteiger partial charge < -0.3 is 15.3 Å². The van der Waals surface area contributed by atoms with Crippen LogP contribution in [-0.4, -0.2) is 27.0 Å². The molecule has 3 heteroatoms. The van der Waals surface area contributed by atoms with Gasteiger partial charge in [-0.15, -0.1) is 0 Å². The van der Waals surface area contributed by atoms with Crippen LogP contribution < -0.4 is 0 Å². The minimum Gasteiger partial charge on any atom is -0.388 e.